The Labute approximate surface area is 187 Å². The molecule has 3 rings (SSSR count). The second-order valence-electron chi connectivity index (χ2n) is 7.20. The minimum atomic E-state index is -1.26. The van der Waals surface area contributed by atoms with E-state index in [2.05, 4.69) is 48.0 Å². The number of hydrogen-bond donors (Lipinski definition) is 2. The quantitative estimate of drug-likeness (QED) is 0.273. The predicted molar refractivity (Wildman–Crippen MR) is 124 cm³/mol. The number of para-hydroxylation sites is 1. The zero-order chi connectivity index (χ0) is 22.6. The molecule has 2 aromatic rings. The second kappa shape index (κ2) is 12.9. The maximum Gasteiger partial charge on any atom is 0.328 e. The molecule has 168 valence electrons. The van der Waals surface area contributed by atoms with Crippen LogP contribution in [-0.4, -0.2) is 76.0 Å². The van der Waals surface area contributed by atoms with Crippen molar-refractivity contribution >= 4 is 40.6 Å². The van der Waals surface area contributed by atoms with Gasteiger partial charge < -0.3 is 20.0 Å². The lowest BCUT2D eigenvalue weighted by Gasteiger charge is -2.32. The van der Waals surface area contributed by atoms with Gasteiger partial charge in [0.15, 0.2) is 0 Å². The molecule has 0 spiro atoms. The number of hydrogen-bond acceptors (Lipinski definition) is 7. The van der Waals surface area contributed by atoms with Crippen LogP contribution in [0.1, 0.15) is 26.2 Å². The van der Waals surface area contributed by atoms with Gasteiger partial charge in [0.25, 0.3) is 0 Å². The Balaban J connectivity index is 0.000000366. The Morgan fingerprint density at radius 1 is 1.03 bits per heavy atom. The first-order valence-corrected chi connectivity index (χ1v) is 11.4. The van der Waals surface area contributed by atoms with E-state index in [1.165, 1.54) is 24.6 Å². The number of nitrogens with zero attached hydrogens (tertiary/aromatic N) is 4. The van der Waals surface area contributed by atoms with E-state index < -0.39 is 11.9 Å². The minimum absolute atomic E-state index is 0.558. The summed E-state index contributed by atoms with van der Waals surface area (Å²) in [7, 11) is 2.17. The van der Waals surface area contributed by atoms with Crippen LogP contribution in [0.15, 0.2) is 41.4 Å². The van der Waals surface area contributed by atoms with Crippen LogP contribution in [0, 0.1) is 0 Å². The Morgan fingerprint density at radius 3 is 2.29 bits per heavy atom. The first kappa shape index (κ1) is 24.6. The predicted octanol–water partition coefficient (Wildman–Crippen LogP) is 3.38. The lowest BCUT2D eigenvalue weighted by atomic mass is 10.2. The molecule has 8 nitrogen and oxygen atoms in total. The van der Waals surface area contributed by atoms with E-state index in [1.54, 1.807) is 0 Å². The molecule has 1 fully saturated rings. The first-order valence-electron chi connectivity index (χ1n) is 10.4. The van der Waals surface area contributed by atoms with Crippen LogP contribution >= 0.6 is 11.8 Å². The van der Waals surface area contributed by atoms with Crippen LogP contribution in [-0.2, 0) is 9.59 Å². The highest BCUT2D eigenvalue weighted by atomic mass is 32.2. The molecule has 1 aliphatic rings. The summed E-state index contributed by atoms with van der Waals surface area (Å²) < 4.78 is 0. The molecule has 1 aromatic heterocycles. The van der Waals surface area contributed by atoms with Gasteiger partial charge in [-0.15, -0.1) is 11.8 Å². The Hall–Kier alpha value is -2.65. The monoisotopic (exact) mass is 446 g/mol. The van der Waals surface area contributed by atoms with Gasteiger partial charge in [-0.25, -0.2) is 19.6 Å². The average molecular weight is 447 g/mol. The molecule has 2 heterocycles. The summed E-state index contributed by atoms with van der Waals surface area (Å²) in [5, 5.41) is 18.0. The number of thioether (sulfide) groups is 1. The topological polar surface area (TPSA) is 107 Å². The van der Waals surface area contributed by atoms with Gasteiger partial charge >= 0.3 is 11.9 Å². The molecule has 9 heteroatoms. The van der Waals surface area contributed by atoms with Gasteiger partial charge in [-0.3, -0.25) is 0 Å². The number of carbonyl (C=O) groups is 2. The molecular formula is C22H30N4O4S. The molecule has 0 atom stereocenters. The van der Waals surface area contributed by atoms with E-state index in [1.807, 2.05) is 11.8 Å². The summed E-state index contributed by atoms with van der Waals surface area (Å²) in [6.07, 6.45) is 4.92. The van der Waals surface area contributed by atoms with Gasteiger partial charge in [0, 0.05) is 43.7 Å². The third-order valence-corrected chi connectivity index (χ3v) is 5.78. The third kappa shape index (κ3) is 8.55. The van der Waals surface area contributed by atoms with Crippen molar-refractivity contribution in [3.8, 4) is 0 Å². The standard InChI is InChI=1S/C18H26N4S.C4H4O4/c1-3-4-7-14-23-17-15-8-5-6-9-16(15)19-18(20-17)22-12-10-21(2)11-13-22;5-3(6)1-2-4(7)8/h5-6,8-9H,3-4,7,10-14H2,1-2H3;1-2H,(H,5,6)(H,7,8)/b;2-1+. The number of carboxylic acids is 2. The molecule has 1 aliphatic heterocycles. The molecule has 31 heavy (non-hydrogen) atoms. The van der Waals surface area contributed by atoms with Crippen molar-refractivity contribution in [3.05, 3.63) is 36.4 Å². The minimum Gasteiger partial charge on any atom is -0.478 e. The van der Waals surface area contributed by atoms with Gasteiger partial charge in [0.1, 0.15) is 5.03 Å². The van der Waals surface area contributed by atoms with E-state index in [0.29, 0.717) is 12.2 Å². The van der Waals surface area contributed by atoms with Crippen molar-refractivity contribution in [2.24, 2.45) is 0 Å². The number of fused-ring (bicyclic) bond motifs is 1. The lowest BCUT2D eigenvalue weighted by Crippen LogP contribution is -2.45. The van der Waals surface area contributed by atoms with E-state index in [-0.39, 0.29) is 0 Å². The highest BCUT2D eigenvalue weighted by Gasteiger charge is 2.18. The van der Waals surface area contributed by atoms with Crippen LogP contribution in [0.3, 0.4) is 0 Å². The molecule has 2 N–H and O–H groups in total. The van der Waals surface area contributed by atoms with E-state index >= 15 is 0 Å². The highest BCUT2D eigenvalue weighted by molar-refractivity contribution is 7.99. The van der Waals surface area contributed by atoms with Crippen LogP contribution in [0.4, 0.5) is 5.95 Å². The van der Waals surface area contributed by atoms with Crippen molar-refractivity contribution in [1.29, 1.82) is 0 Å². The number of likely N-dealkylation sites (N-methyl/N-ethyl adjacent to an activating group) is 1. The molecule has 0 saturated carbocycles. The average Bonchev–Trinajstić information content (AvgIpc) is 2.76. The van der Waals surface area contributed by atoms with Crippen LogP contribution in [0.25, 0.3) is 10.9 Å². The van der Waals surface area contributed by atoms with E-state index in [0.717, 1.165) is 48.4 Å². The Bertz CT molecular complexity index is 882. The lowest BCUT2D eigenvalue weighted by molar-refractivity contribution is -0.134. The van der Waals surface area contributed by atoms with Crippen molar-refractivity contribution in [1.82, 2.24) is 14.9 Å². The number of unbranched alkanes of at least 4 members (excludes halogenated alkanes) is 2. The maximum atomic E-state index is 9.55. The molecule has 0 unspecified atom stereocenters. The number of rotatable bonds is 8. The number of aromatic nitrogens is 2. The number of benzene rings is 1. The van der Waals surface area contributed by atoms with Crippen molar-refractivity contribution < 1.29 is 19.8 Å². The number of anilines is 1. The normalized spacial score (nSPS) is 14.5. The van der Waals surface area contributed by atoms with E-state index in [4.69, 9.17) is 20.2 Å². The second-order valence-corrected chi connectivity index (χ2v) is 8.29. The summed E-state index contributed by atoms with van der Waals surface area (Å²) >= 11 is 1.88. The van der Waals surface area contributed by atoms with Crippen molar-refractivity contribution in [2.45, 2.75) is 31.2 Å². The molecule has 0 bridgehead atoms. The summed E-state index contributed by atoms with van der Waals surface area (Å²) in [6, 6.07) is 8.39. The molecular weight excluding hydrogens is 416 g/mol. The summed E-state index contributed by atoms with van der Waals surface area (Å²) in [6.45, 7) is 6.42. The number of aliphatic carboxylic acids is 2. The fourth-order valence-electron chi connectivity index (χ4n) is 2.96. The summed E-state index contributed by atoms with van der Waals surface area (Å²) in [4.78, 5) is 33.5. The van der Waals surface area contributed by atoms with Crippen LogP contribution in [0.5, 0.6) is 0 Å². The molecule has 1 aromatic carbocycles. The Kier molecular flexibility index (Phi) is 10.3. The number of piperazine rings is 1. The summed E-state index contributed by atoms with van der Waals surface area (Å²) in [5.41, 5.74) is 1.06. The zero-order valence-corrected chi connectivity index (χ0v) is 18.8. The molecule has 0 aliphatic carbocycles. The Morgan fingerprint density at radius 2 is 1.68 bits per heavy atom. The molecule has 0 amide bonds. The maximum absolute atomic E-state index is 9.55. The third-order valence-electron chi connectivity index (χ3n) is 4.70. The first-order chi connectivity index (χ1) is 14.9. The zero-order valence-electron chi connectivity index (χ0n) is 18.0. The molecule has 0 radical (unpaired) electrons. The smallest absolute Gasteiger partial charge is 0.328 e. The fraction of sp³-hybridized carbons (Fsp3) is 0.455. The highest BCUT2D eigenvalue weighted by Crippen LogP contribution is 2.28. The summed E-state index contributed by atoms with van der Waals surface area (Å²) in [5.74, 6) is -0.480. The SMILES string of the molecule is CCCCCSc1nc(N2CCN(C)CC2)nc2ccccc12.O=C(O)/C=C/C(=O)O. The van der Waals surface area contributed by atoms with Crippen molar-refractivity contribution in [2.75, 3.05) is 43.9 Å². The van der Waals surface area contributed by atoms with Gasteiger partial charge in [-0.05, 0) is 25.3 Å². The van der Waals surface area contributed by atoms with E-state index in [9.17, 15) is 9.59 Å². The largest absolute Gasteiger partial charge is 0.478 e. The molecule has 1 saturated heterocycles. The van der Waals surface area contributed by atoms with Gasteiger partial charge in [0.2, 0.25) is 5.95 Å². The fourth-order valence-corrected chi connectivity index (χ4v) is 3.97. The van der Waals surface area contributed by atoms with Gasteiger partial charge in [-0.1, -0.05) is 38.0 Å². The van der Waals surface area contributed by atoms with Gasteiger partial charge in [-0.2, -0.15) is 0 Å². The number of carboxylic acid groups (broad SMARTS) is 2. The van der Waals surface area contributed by atoms with Crippen LogP contribution in [0.2, 0.25) is 0 Å². The van der Waals surface area contributed by atoms with Crippen LogP contribution < -0.4 is 4.90 Å². The van der Waals surface area contributed by atoms with Gasteiger partial charge in [0.05, 0.1) is 5.52 Å². The van der Waals surface area contributed by atoms with Crippen molar-refractivity contribution in [3.63, 3.8) is 0 Å².